The van der Waals surface area contributed by atoms with Gasteiger partial charge < -0.3 is 19.5 Å². The van der Waals surface area contributed by atoms with E-state index in [0.717, 1.165) is 11.4 Å². The van der Waals surface area contributed by atoms with Crippen molar-refractivity contribution in [1.82, 2.24) is 24.2 Å². The Kier molecular flexibility index (Phi) is 6.77. The molecule has 1 amide bonds. The molecule has 0 fully saturated rings. The Labute approximate surface area is 217 Å². The molecule has 1 unspecified atom stereocenters. The minimum Gasteiger partial charge on any atom is -0.382 e. The molecule has 190 valence electrons. The lowest BCUT2D eigenvalue weighted by Crippen LogP contribution is -2.49. The Morgan fingerprint density at radius 1 is 1.27 bits per heavy atom. The van der Waals surface area contributed by atoms with Crippen LogP contribution >= 0.6 is 11.6 Å². The molecule has 0 aliphatic carbocycles. The number of aryl methyl sites for hydroxylation is 1. The average Bonchev–Trinajstić information content (AvgIpc) is 3.49. The second kappa shape index (κ2) is 10.2. The second-order valence-electron chi connectivity index (χ2n) is 8.78. The quantitative estimate of drug-likeness (QED) is 0.347. The zero-order chi connectivity index (χ0) is 26.1. The first-order valence-electron chi connectivity index (χ1n) is 11.5. The van der Waals surface area contributed by atoms with Crippen molar-refractivity contribution in [3.05, 3.63) is 82.6 Å². The van der Waals surface area contributed by atoms with Crippen molar-refractivity contribution in [3.8, 4) is 11.1 Å². The van der Waals surface area contributed by atoms with E-state index >= 15 is 0 Å². The standard InChI is InChI=1S/C26H24ClFN6O3/c1-32-25(5-6-30-32)31-24-9-21(22(27)10-29-24)18-8-23-26(36)34(20(15-37-2)13-33(23)11-18)12-17-7-19(28)4-3-16(17)14-35/h3-11,14,20H,12-13,15H2,1-2H3,(H,29,31). The van der Waals surface area contributed by atoms with E-state index in [-0.39, 0.29) is 25.1 Å². The number of pyridine rings is 1. The first kappa shape index (κ1) is 24.7. The number of benzene rings is 1. The topological polar surface area (TPSA) is 94.3 Å². The molecule has 1 N–H and O–H groups in total. The van der Waals surface area contributed by atoms with Crippen molar-refractivity contribution in [2.45, 2.75) is 19.1 Å². The number of ether oxygens (including phenoxy) is 1. The summed E-state index contributed by atoms with van der Waals surface area (Å²) in [6.45, 7) is 0.816. The first-order chi connectivity index (χ1) is 17.9. The van der Waals surface area contributed by atoms with Crippen LogP contribution in [0.4, 0.5) is 16.0 Å². The fraction of sp³-hybridized carbons (Fsp3) is 0.231. The van der Waals surface area contributed by atoms with E-state index in [1.165, 1.54) is 18.2 Å². The monoisotopic (exact) mass is 522 g/mol. The summed E-state index contributed by atoms with van der Waals surface area (Å²) in [6.07, 6.45) is 5.77. The number of fused-ring (bicyclic) bond motifs is 1. The number of methoxy groups -OCH3 is 1. The maximum absolute atomic E-state index is 13.9. The van der Waals surface area contributed by atoms with E-state index in [1.54, 1.807) is 35.2 Å². The molecular weight excluding hydrogens is 499 g/mol. The minimum atomic E-state index is -0.470. The summed E-state index contributed by atoms with van der Waals surface area (Å²) >= 11 is 6.51. The fourth-order valence-electron chi connectivity index (χ4n) is 4.53. The SMILES string of the molecule is COCC1Cn2cc(-c3cc(Nc4ccnn4C)ncc3Cl)cc2C(=O)N1Cc1cc(F)ccc1C=O. The highest BCUT2D eigenvalue weighted by atomic mass is 35.5. The molecule has 1 aliphatic rings. The number of rotatable bonds is 8. The van der Waals surface area contributed by atoms with Crippen molar-refractivity contribution in [2.24, 2.45) is 7.05 Å². The van der Waals surface area contributed by atoms with E-state index in [9.17, 15) is 14.0 Å². The van der Waals surface area contributed by atoms with Gasteiger partial charge in [-0.2, -0.15) is 5.10 Å². The van der Waals surface area contributed by atoms with Crippen LogP contribution in [0.15, 0.2) is 55.0 Å². The Bertz CT molecular complexity index is 1480. The van der Waals surface area contributed by atoms with Gasteiger partial charge in [-0.15, -0.1) is 0 Å². The van der Waals surface area contributed by atoms with Gasteiger partial charge in [-0.3, -0.25) is 14.3 Å². The molecule has 5 rings (SSSR count). The Morgan fingerprint density at radius 3 is 2.84 bits per heavy atom. The van der Waals surface area contributed by atoms with Crippen LogP contribution in [-0.4, -0.2) is 56.2 Å². The number of nitrogens with one attached hydrogen (secondary N) is 1. The first-order valence-corrected chi connectivity index (χ1v) is 11.9. The summed E-state index contributed by atoms with van der Waals surface area (Å²) < 4.78 is 22.9. The summed E-state index contributed by atoms with van der Waals surface area (Å²) in [6, 6.07) is 9.03. The molecule has 4 heterocycles. The second-order valence-corrected chi connectivity index (χ2v) is 9.19. The van der Waals surface area contributed by atoms with Crippen LogP contribution in [0, 0.1) is 5.82 Å². The van der Waals surface area contributed by atoms with E-state index < -0.39 is 5.82 Å². The van der Waals surface area contributed by atoms with Gasteiger partial charge in [0.25, 0.3) is 5.91 Å². The van der Waals surface area contributed by atoms with Gasteiger partial charge in [0, 0.05) is 62.4 Å². The lowest BCUT2D eigenvalue weighted by atomic mass is 10.0. The van der Waals surface area contributed by atoms with Gasteiger partial charge in [0.15, 0.2) is 0 Å². The van der Waals surface area contributed by atoms with Crippen LogP contribution in [-0.2, 0) is 24.9 Å². The van der Waals surface area contributed by atoms with Crippen LogP contribution in [0.5, 0.6) is 0 Å². The van der Waals surface area contributed by atoms with Crippen molar-refractivity contribution >= 4 is 35.4 Å². The van der Waals surface area contributed by atoms with Gasteiger partial charge in [-0.05, 0) is 35.9 Å². The van der Waals surface area contributed by atoms with E-state index in [1.807, 2.05) is 29.9 Å². The smallest absolute Gasteiger partial charge is 0.271 e. The van der Waals surface area contributed by atoms with E-state index in [4.69, 9.17) is 16.3 Å². The number of hydrogen-bond acceptors (Lipinski definition) is 6. The fourth-order valence-corrected chi connectivity index (χ4v) is 4.74. The molecule has 9 nitrogen and oxygen atoms in total. The summed E-state index contributed by atoms with van der Waals surface area (Å²) in [5.74, 6) is 0.614. The van der Waals surface area contributed by atoms with Crippen molar-refractivity contribution < 1.29 is 18.7 Å². The minimum absolute atomic E-state index is 0.0774. The maximum atomic E-state index is 13.9. The predicted molar refractivity (Wildman–Crippen MR) is 136 cm³/mol. The lowest BCUT2D eigenvalue weighted by Gasteiger charge is -2.36. The molecule has 0 saturated carbocycles. The van der Waals surface area contributed by atoms with Crippen LogP contribution in [0.2, 0.25) is 5.02 Å². The van der Waals surface area contributed by atoms with Gasteiger partial charge in [0.05, 0.1) is 23.9 Å². The van der Waals surface area contributed by atoms with Gasteiger partial charge in [-0.1, -0.05) is 11.6 Å². The largest absolute Gasteiger partial charge is 0.382 e. The van der Waals surface area contributed by atoms with Crippen LogP contribution in [0.25, 0.3) is 11.1 Å². The number of anilines is 2. The molecule has 0 radical (unpaired) electrons. The molecule has 0 saturated heterocycles. The van der Waals surface area contributed by atoms with Crippen molar-refractivity contribution in [3.63, 3.8) is 0 Å². The number of aldehydes is 1. The number of halogens is 2. The summed E-state index contributed by atoms with van der Waals surface area (Å²) in [7, 11) is 3.38. The zero-order valence-electron chi connectivity index (χ0n) is 20.2. The molecule has 1 aliphatic heterocycles. The highest BCUT2D eigenvalue weighted by Crippen LogP contribution is 2.34. The third kappa shape index (κ3) is 4.85. The molecule has 4 aromatic rings. The summed E-state index contributed by atoms with van der Waals surface area (Å²) in [4.78, 5) is 31.1. The average molecular weight is 523 g/mol. The van der Waals surface area contributed by atoms with E-state index in [2.05, 4.69) is 15.4 Å². The molecule has 0 spiro atoms. The van der Waals surface area contributed by atoms with Gasteiger partial charge in [0.2, 0.25) is 0 Å². The Morgan fingerprint density at radius 2 is 2.11 bits per heavy atom. The normalized spacial score (nSPS) is 15.1. The van der Waals surface area contributed by atoms with Crippen molar-refractivity contribution in [1.29, 1.82) is 0 Å². The highest BCUT2D eigenvalue weighted by molar-refractivity contribution is 6.33. The number of nitrogens with zero attached hydrogens (tertiary/aromatic N) is 5. The van der Waals surface area contributed by atoms with Crippen molar-refractivity contribution in [2.75, 3.05) is 19.0 Å². The lowest BCUT2D eigenvalue weighted by molar-refractivity contribution is 0.0387. The predicted octanol–water partition coefficient (Wildman–Crippen LogP) is 4.30. The molecule has 11 heteroatoms. The summed E-state index contributed by atoms with van der Waals surface area (Å²) in [5, 5.41) is 7.79. The summed E-state index contributed by atoms with van der Waals surface area (Å²) in [5.41, 5.74) is 2.69. The van der Waals surface area contributed by atoms with Crippen LogP contribution in [0.3, 0.4) is 0 Å². The zero-order valence-corrected chi connectivity index (χ0v) is 20.9. The molecule has 0 bridgehead atoms. The Balaban J connectivity index is 1.48. The number of hydrogen-bond donors (Lipinski definition) is 1. The van der Waals surface area contributed by atoms with E-state index in [0.29, 0.717) is 46.1 Å². The molecule has 1 aromatic carbocycles. The molecular formula is C26H24ClFN6O3. The highest BCUT2D eigenvalue weighted by Gasteiger charge is 2.34. The maximum Gasteiger partial charge on any atom is 0.271 e. The molecule has 37 heavy (non-hydrogen) atoms. The van der Waals surface area contributed by atoms with Gasteiger partial charge >= 0.3 is 0 Å². The van der Waals surface area contributed by atoms with Crippen LogP contribution in [0.1, 0.15) is 26.4 Å². The number of carbonyl (C=O) groups is 2. The number of carbonyl (C=O) groups excluding carboxylic acids is 2. The Hall–Kier alpha value is -4.02. The molecule has 3 aromatic heterocycles. The third-order valence-electron chi connectivity index (χ3n) is 6.40. The molecule has 1 atom stereocenters. The number of aromatic nitrogens is 4. The van der Waals surface area contributed by atoms with Gasteiger partial charge in [0.1, 0.15) is 29.4 Å². The van der Waals surface area contributed by atoms with Gasteiger partial charge in [-0.25, -0.2) is 9.37 Å². The van der Waals surface area contributed by atoms with Crippen LogP contribution < -0.4 is 5.32 Å². The number of amides is 1. The third-order valence-corrected chi connectivity index (χ3v) is 6.70.